The Morgan fingerprint density at radius 1 is 1.24 bits per heavy atom. The Balaban J connectivity index is 1.94. The number of hydrogen-bond donors (Lipinski definition) is 4. The number of amides is 3. The number of rotatable bonds is 11. The molecule has 0 aliphatic carbocycles. The summed E-state index contributed by atoms with van der Waals surface area (Å²) in [7, 11) is 0. The van der Waals surface area contributed by atoms with Gasteiger partial charge >= 0.3 is 0 Å². The molecule has 0 aromatic heterocycles. The summed E-state index contributed by atoms with van der Waals surface area (Å²) in [5.41, 5.74) is 10.9. The smallest absolute Gasteiger partial charge is 0.252 e. The summed E-state index contributed by atoms with van der Waals surface area (Å²) in [6.07, 6.45) is 1.52. The maximum Gasteiger partial charge on any atom is 0.252 e. The summed E-state index contributed by atoms with van der Waals surface area (Å²) in [5, 5.41) is 5.11. The number of benzene rings is 1. The first-order chi connectivity index (χ1) is 15.7. The lowest BCUT2D eigenvalue weighted by Crippen LogP contribution is -2.52. The van der Waals surface area contributed by atoms with Gasteiger partial charge in [-0.05, 0) is 53.7 Å². The number of likely N-dealkylation sites (tertiary alicyclic amines) is 1. The molecule has 1 heterocycles. The van der Waals surface area contributed by atoms with Crippen LogP contribution in [0, 0.1) is 0 Å². The second kappa shape index (κ2) is 12.9. The van der Waals surface area contributed by atoms with E-state index < -0.39 is 42.3 Å². The predicted octanol–water partition coefficient (Wildman–Crippen LogP) is 0.247. The van der Waals surface area contributed by atoms with Gasteiger partial charge < -0.3 is 27.0 Å². The molecule has 6 N–H and O–H groups in total. The number of nitrogens with two attached hydrogens (primary N) is 2. The molecule has 0 spiro atoms. The molecule has 2 rings (SSSR count). The van der Waals surface area contributed by atoms with E-state index in [1.54, 1.807) is 24.3 Å². The molecule has 0 bridgehead atoms. The average molecular weight is 527 g/mol. The Bertz CT molecular complexity index is 908. The van der Waals surface area contributed by atoms with E-state index in [9.17, 15) is 23.6 Å². The van der Waals surface area contributed by atoms with Crippen LogP contribution in [0.25, 0.3) is 0 Å². The summed E-state index contributed by atoms with van der Waals surface area (Å²) in [6.45, 7) is -0.926. The third kappa shape index (κ3) is 7.81. The van der Waals surface area contributed by atoms with E-state index in [1.807, 2.05) is 0 Å². The quantitative estimate of drug-likeness (QED) is 0.183. The molecule has 0 saturated carbocycles. The van der Waals surface area contributed by atoms with Gasteiger partial charge in [-0.1, -0.05) is 12.1 Å². The number of nitrogens with one attached hydrogen (secondary N) is 2. The Hall–Kier alpha value is -3.02. The van der Waals surface area contributed by atoms with E-state index in [2.05, 4.69) is 31.6 Å². The molecule has 180 valence electrons. The van der Waals surface area contributed by atoms with Gasteiger partial charge in [-0.25, -0.2) is 4.39 Å². The summed E-state index contributed by atoms with van der Waals surface area (Å²) >= 11 is 3.29. The lowest BCUT2D eigenvalue weighted by molar-refractivity contribution is -0.138. The minimum absolute atomic E-state index is 0.0979. The SMILES string of the molecule is NC(N)=NCCC[C@H](NC(=O)[C@@H]1CCCN1C(=O)CNC(=O)c1ccccc1Br)C(=O)CF. The second-order valence-corrected chi connectivity index (χ2v) is 8.37. The van der Waals surface area contributed by atoms with Crippen LogP contribution in [0.1, 0.15) is 36.0 Å². The van der Waals surface area contributed by atoms with Gasteiger partial charge in [0.25, 0.3) is 5.91 Å². The van der Waals surface area contributed by atoms with Crippen LogP contribution in [-0.2, 0) is 14.4 Å². The zero-order valence-corrected chi connectivity index (χ0v) is 19.6. The van der Waals surface area contributed by atoms with Gasteiger partial charge in [0.15, 0.2) is 11.7 Å². The number of hydrogen-bond acceptors (Lipinski definition) is 5. The molecule has 33 heavy (non-hydrogen) atoms. The third-order valence-electron chi connectivity index (χ3n) is 5.18. The fraction of sp³-hybridized carbons (Fsp3) is 0.476. The van der Waals surface area contributed by atoms with Crippen molar-refractivity contribution in [2.45, 2.75) is 37.8 Å². The number of ketones is 1. The molecule has 3 amide bonds. The van der Waals surface area contributed by atoms with Crippen molar-refractivity contribution < 1.29 is 23.6 Å². The predicted molar refractivity (Wildman–Crippen MR) is 124 cm³/mol. The molecule has 1 aromatic carbocycles. The summed E-state index contributed by atoms with van der Waals surface area (Å²) in [6, 6.07) is 4.96. The van der Waals surface area contributed by atoms with Gasteiger partial charge in [0.1, 0.15) is 12.7 Å². The molecule has 0 unspecified atom stereocenters. The molecule has 1 aliphatic heterocycles. The summed E-state index contributed by atoms with van der Waals surface area (Å²) in [4.78, 5) is 54.9. The largest absolute Gasteiger partial charge is 0.370 e. The monoisotopic (exact) mass is 526 g/mol. The Labute approximate surface area is 199 Å². The maximum absolute atomic E-state index is 13.0. The van der Waals surface area contributed by atoms with Crippen LogP contribution < -0.4 is 22.1 Å². The van der Waals surface area contributed by atoms with Crippen molar-refractivity contribution in [1.29, 1.82) is 0 Å². The van der Waals surface area contributed by atoms with E-state index in [0.29, 0.717) is 35.8 Å². The minimum Gasteiger partial charge on any atom is -0.370 e. The van der Waals surface area contributed by atoms with Crippen molar-refractivity contribution >= 4 is 45.4 Å². The molecule has 12 heteroatoms. The number of carbonyl (C=O) groups excluding carboxylic acids is 4. The third-order valence-corrected chi connectivity index (χ3v) is 5.87. The number of alkyl halides is 1. The van der Waals surface area contributed by atoms with E-state index >= 15 is 0 Å². The number of halogens is 2. The molecule has 2 atom stereocenters. The van der Waals surface area contributed by atoms with Gasteiger partial charge in [-0.2, -0.15) is 0 Å². The molecule has 1 saturated heterocycles. The molecule has 1 aromatic rings. The fourth-order valence-electron chi connectivity index (χ4n) is 3.51. The Morgan fingerprint density at radius 2 is 1.97 bits per heavy atom. The number of Topliss-reactive ketones (excluding diaryl/α,β-unsaturated/α-hetero) is 1. The average Bonchev–Trinajstić information content (AvgIpc) is 3.29. The zero-order valence-electron chi connectivity index (χ0n) is 18.1. The number of aliphatic imine (C=N–C) groups is 1. The summed E-state index contributed by atoms with van der Waals surface area (Å²) in [5.74, 6) is -2.24. The van der Waals surface area contributed by atoms with Gasteiger partial charge in [-0.3, -0.25) is 24.2 Å². The van der Waals surface area contributed by atoms with Crippen LogP contribution in [0.3, 0.4) is 0 Å². The van der Waals surface area contributed by atoms with Crippen molar-refractivity contribution in [3.05, 3.63) is 34.3 Å². The first kappa shape index (κ1) is 26.2. The molecule has 10 nitrogen and oxygen atoms in total. The van der Waals surface area contributed by atoms with Gasteiger partial charge in [-0.15, -0.1) is 0 Å². The highest BCUT2D eigenvalue weighted by atomic mass is 79.9. The zero-order chi connectivity index (χ0) is 24.4. The van der Waals surface area contributed by atoms with Crippen LogP contribution in [0.4, 0.5) is 4.39 Å². The van der Waals surface area contributed by atoms with Crippen LogP contribution >= 0.6 is 15.9 Å². The van der Waals surface area contributed by atoms with Crippen LogP contribution in [-0.4, -0.2) is 72.8 Å². The molecular weight excluding hydrogens is 499 g/mol. The highest BCUT2D eigenvalue weighted by molar-refractivity contribution is 9.10. The van der Waals surface area contributed by atoms with Crippen molar-refractivity contribution in [3.63, 3.8) is 0 Å². The first-order valence-electron chi connectivity index (χ1n) is 10.5. The van der Waals surface area contributed by atoms with Crippen LogP contribution in [0.15, 0.2) is 33.7 Å². The lowest BCUT2D eigenvalue weighted by Gasteiger charge is -2.26. The minimum atomic E-state index is -1.22. The fourth-order valence-corrected chi connectivity index (χ4v) is 3.98. The number of carbonyl (C=O) groups is 4. The van der Waals surface area contributed by atoms with E-state index in [0.717, 1.165) is 0 Å². The molecular formula is C21H28BrFN6O4. The maximum atomic E-state index is 13.0. The highest BCUT2D eigenvalue weighted by Crippen LogP contribution is 2.19. The molecule has 0 radical (unpaired) electrons. The van der Waals surface area contributed by atoms with Gasteiger partial charge in [0, 0.05) is 17.6 Å². The van der Waals surface area contributed by atoms with Gasteiger partial charge in [0.05, 0.1) is 18.2 Å². The van der Waals surface area contributed by atoms with Crippen LogP contribution in [0.2, 0.25) is 0 Å². The van der Waals surface area contributed by atoms with Crippen molar-refractivity contribution in [2.24, 2.45) is 16.5 Å². The highest BCUT2D eigenvalue weighted by Gasteiger charge is 2.35. The lowest BCUT2D eigenvalue weighted by atomic mass is 10.1. The van der Waals surface area contributed by atoms with E-state index in [1.165, 1.54) is 4.90 Å². The van der Waals surface area contributed by atoms with Gasteiger partial charge in [0.2, 0.25) is 11.8 Å². The summed E-state index contributed by atoms with van der Waals surface area (Å²) < 4.78 is 13.6. The van der Waals surface area contributed by atoms with E-state index in [4.69, 9.17) is 11.5 Å². The molecule has 1 fully saturated rings. The second-order valence-electron chi connectivity index (χ2n) is 7.52. The van der Waals surface area contributed by atoms with Crippen LogP contribution in [0.5, 0.6) is 0 Å². The van der Waals surface area contributed by atoms with Crippen molar-refractivity contribution in [3.8, 4) is 0 Å². The Kier molecular flexibility index (Phi) is 10.2. The van der Waals surface area contributed by atoms with E-state index in [-0.39, 0.29) is 25.5 Å². The topological polar surface area (TPSA) is 160 Å². The standard InChI is InChI=1S/C21H28BrFN6O4/c22-14-6-2-1-5-13(14)19(32)27-12-18(31)29-10-4-8-16(29)20(33)28-15(17(30)11-23)7-3-9-26-21(24)25/h1-2,5-6,15-16H,3-4,7-12H2,(H,27,32)(H,28,33)(H4,24,25,26)/t15-,16-/m0/s1. The number of nitrogens with zero attached hydrogens (tertiary/aromatic N) is 2. The first-order valence-corrected chi connectivity index (χ1v) is 11.3. The number of guanidine groups is 1. The van der Waals surface area contributed by atoms with Crippen molar-refractivity contribution in [2.75, 3.05) is 26.3 Å². The molecule has 1 aliphatic rings. The van der Waals surface area contributed by atoms with Crippen molar-refractivity contribution in [1.82, 2.24) is 15.5 Å². The Morgan fingerprint density at radius 3 is 2.64 bits per heavy atom. The normalized spacial score (nSPS) is 16.1.